The number of benzene rings is 2. The van der Waals surface area contributed by atoms with Crippen molar-refractivity contribution in [2.24, 2.45) is 11.0 Å². The van der Waals surface area contributed by atoms with E-state index in [1.165, 1.54) is 12.1 Å². The highest BCUT2D eigenvalue weighted by molar-refractivity contribution is 7.92. The fourth-order valence-corrected chi connectivity index (χ4v) is 3.88. The Hall–Kier alpha value is -2.67. The van der Waals surface area contributed by atoms with Gasteiger partial charge in [-0.2, -0.15) is 5.10 Å². The van der Waals surface area contributed by atoms with E-state index < -0.39 is 15.9 Å². The van der Waals surface area contributed by atoms with E-state index in [4.69, 9.17) is 0 Å². The molecule has 0 aliphatic rings. The van der Waals surface area contributed by atoms with Crippen molar-refractivity contribution in [3.63, 3.8) is 0 Å². The number of nitrogens with one attached hydrogen (secondary N) is 2. The number of sulfonamides is 1. The van der Waals surface area contributed by atoms with E-state index in [2.05, 4.69) is 29.1 Å². The first-order chi connectivity index (χ1) is 13.6. The van der Waals surface area contributed by atoms with Crippen LogP contribution < -0.4 is 10.1 Å². The molecule has 2 aromatic carbocycles. The van der Waals surface area contributed by atoms with Gasteiger partial charge >= 0.3 is 0 Å². The number of nitrogens with zero attached hydrogens (tertiary/aromatic N) is 1. The zero-order valence-corrected chi connectivity index (χ0v) is 18.4. The molecular formula is C22H29N3O3S. The fourth-order valence-electron chi connectivity index (χ4n) is 2.70. The van der Waals surface area contributed by atoms with Crippen molar-refractivity contribution in [3.05, 3.63) is 59.2 Å². The van der Waals surface area contributed by atoms with Crippen molar-refractivity contribution in [1.82, 2.24) is 5.43 Å². The Labute approximate surface area is 173 Å². The molecule has 6 nitrogen and oxygen atoms in total. The zero-order chi connectivity index (χ0) is 21.6. The molecule has 0 saturated heterocycles. The number of hydrogen-bond acceptors (Lipinski definition) is 4. The van der Waals surface area contributed by atoms with Gasteiger partial charge in [-0.05, 0) is 69.4 Å². The minimum Gasteiger partial charge on any atom is -0.279 e. The van der Waals surface area contributed by atoms with E-state index in [-0.39, 0.29) is 10.5 Å². The van der Waals surface area contributed by atoms with Gasteiger partial charge in [0.1, 0.15) is 0 Å². The summed E-state index contributed by atoms with van der Waals surface area (Å²) in [5.41, 5.74) is 5.94. The van der Waals surface area contributed by atoms with Crippen molar-refractivity contribution < 1.29 is 13.2 Å². The van der Waals surface area contributed by atoms with Crippen LogP contribution in [0.4, 0.5) is 5.69 Å². The van der Waals surface area contributed by atoms with E-state index in [0.29, 0.717) is 11.6 Å². The number of amides is 1. The molecule has 0 bridgehead atoms. The van der Waals surface area contributed by atoms with Crippen molar-refractivity contribution in [3.8, 4) is 0 Å². The highest BCUT2D eigenvalue weighted by Crippen LogP contribution is 2.21. The molecule has 1 amide bonds. The molecule has 0 aliphatic heterocycles. The largest absolute Gasteiger partial charge is 0.279 e. The van der Waals surface area contributed by atoms with Gasteiger partial charge in [0.2, 0.25) is 0 Å². The van der Waals surface area contributed by atoms with E-state index in [0.717, 1.165) is 29.7 Å². The van der Waals surface area contributed by atoms with Gasteiger partial charge in [0, 0.05) is 11.3 Å². The van der Waals surface area contributed by atoms with E-state index in [1.54, 1.807) is 18.2 Å². The molecule has 2 N–H and O–H groups in total. The van der Waals surface area contributed by atoms with Crippen LogP contribution >= 0.6 is 0 Å². The second kappa shape index (κ2) is 9.69. The Morgan fingerprint density at radius 1 is 1.10 bits per heavy atom. The molecular weight excluding hydrogens is 386 g/mol. The molecule has 0 aromatic heterocycles. The second-order valence-electron chi connectivity index (χ2n) is 7.67. The molecule has 156 valence electrons. The Morgan fingerprint density at radius 2 is 1.83 bits per heavy atom. The van der Waals surface area contributed by atoms with Crippen LogP contribution in [-0.2, 0) is 10.0 Å². The number of carbonyl (C=O) groups is 1. The molecule has 0 heterocycles. The lowest BCUT2D eigenvalue weighted by molar-refractivity contribution is 0.0954. The van der Waals surface area contributed by atoms with Crippen molar-refractivity contribution >= 4 is 27.3 Å². The van der Waals surface area contributed by atoms with Crippen LogP contribution in [0.2, 0.25) is 0 Å². The Balaban J connectivity index is 2.15. The van der Waals surface area contributed by atoms with Gasteiger partial charge in [-0.3, -0.25) is 9.52 Å². The van der Waals surface area contributed by atoms with Crippen LogP contribution in [0.3, 0.4) is 0 Å². The second-order valence-corrected chi connectivity index (χ2v) is 9.35. The Kier molecular flexibility index (Phi) is 7.56. The van der Waals surface area contributed by atoms with Crippen molar-refractivity contribution in [2.75, 3.05) is 4.72 Å². The monoisotopic (exact) mass is 415 g/mol. The summed E-state index contributed by atoms with van der Waals surface area (Å²) in [7, 11) is -3.82. The molecule has 0 spiro atoms. The summed E-state index contributed by atoms with van der Waals surface area (Å²) >= 11 is 0. The Morgan fingerprint density at radius 3 is 2.48 bits per heavy atom. The van der Waals surface area contributed by atoms with E-state index in [1.807, 2.05) is 32.9 Å². The summed E-state index contributed by atoms with van der Waals surface area (Å²) in [6, 6.07) is 11.4. The molecule has 2 rings (SSSR count). The maximum atomic E-state index is 12.8. The van der Waals surface area contributed by atoms with Crippen LogP contribution in [0.5, 0.6) is 0 Å². The topological polar surface area (TPSA) is 87.6 Å². The highest BCUT2D eigenvalue weighted by atomic mass is 32.2. The SMILES string of the molecule is CC(CCC(C)C)=NNC(=O)c1cccc(S(=O)(=O)Nc2ccc(C)cc2C)c1. The number of rotatable bonds is 8. The molecule has 7 heteroatoms. The number of hydrazone groups is 1. The summed E-state index contributed by atoms with van der Waals surface area (Å²) in [4.78, 5) is 12.4. The summed E-state index contributed by atoms with van der Waals surface area (Å²) in [5.74, 6) is 0.111. The van der Waals surface area contributed by atoms with Crippen LogP contribution in [0, 0.1) is 19.8 Å². The summed E-state index contributed by atoms with van der Waals surface area (Å²) in [6.45, 7) is 9.90. The lowest BCUT2D eigenvalue weighted by Crippen LogP contribution is -2.20. The summed E-state index contributed by atoms with van der Waals surface area (Å²) in [6.07, 6.45) is 1.79. The van der Waals surface area contributed by atoms with Crippen LogP contribution in [0.25, 0.3) is 0 Å². The molecule has 0 fully saturated rings. The van der Waals surface area contributed by atoms with Crippen molar-refractivity contribution in [1.29, 1.82) is 0 Å². The first-order valence-corrected chi connectivity index (χ1v) is 11.1. The number of carbonyl (C=O) groups excluding carboxylic acids is 1. The van der Waals surface area contributed by atoms with E-state index >= 15 is 0 Å². The minimum absolute atomic E-state index is 0.0191. The van der Waals surface area contributed by atoms with Gasteiger partial charge in [-0.1, -0.05) is 37.6 Å². The van der Waals surface area contributed by atoms with Gasteiger partial charge < -0.3 is 0 Å². The zero-order valence-electron chi connectivity index (χ0n) is 17.6. The number of hydrogen-bond donors (Lipinski definition) is 2. The van der Waals surface area contributed by atoms with Gasteiger partial charge in [-0.25, -0.2) is 13.8 Å². The predicted octanol–water partition coefficient (Wildman–Crippen LogP) is 4.65. The van der Waals surface area contributed by atoms with Crippen LogP contribution in [0.15, 0.2) is 52.5 Å². The highest BCUT2D eigenvalue weighted by Gasteiger charge is 2.17. The third-order valence-corrected chi connectivity index (χ3v) is 5.83. The lowest BCUT2D eigenvalue weighted by atomic mass is 10.1. The predicted molar refractivity (Wildman–Crippen MR) is 118 cm³/mol. The fraction of sp³-hybridized carbons (Fsp3) is 0.364. The van der Waals surface area contributed by atoms with Gasteiger partial charge in [0.05, 0.1) is 10.6 Å². The lowest BCUT2D eigenvalue weighted by Gasteiger charge is -2.12. The molecule has 29 heavy (non-hydrogen) atoms. The van der Waals surface area contributed by atoms with Crippen LogP contribution in [-0.4, -0.2) is 20.0 Å². The standard InChI is InChI=1S/C22H29N3O3S/c1-15(2)9-11-18(5)23-24-22(26)19-7-6-8-20(14-19)29(27,28)25-21-12-10-16(3)13-17(21)4/h6-8,10,12-15,25H,9,11H2,1-5H3,(H,24,26). The average Bonchev–Trinajstić information content (AvgIpc) is 2.66. The smallest absolute Gasteiger partial charge is 0.271 e. The summed E-state index contributed by atoms with van der Waals surface area (Å²) in [5, 5.41) is 4.10. The van der Waals surface area contributed by atoms with Gasteiger partial charge in [-0.15, -0.1) is 0 Å². The molecule has 2 aromatic rings. The van der Waals surface area contributed by atoms with E-state index in [9.17, 15) is 13.2 Å². The average molecular weight is 416 g/mol. The first-order valence-electron chi connectivity index (χ1n) is 9.62. The third-order valence-electron chi connectivity index (χ3n) is 4.46. The molecule has 0 radical (unpaired) electrons. The normalized spacial score (nSPS) is 12.1. The summed E-state index contributed by atoms with van der Waals surface area (Å²) < 4.78 is 28.1. The molecule has 0 aliphatic carbocycles. The van der Waals surface area contributed by atoms with Gasteiger partial charge in [0.25, 0.3) is 15.9 Å². The molecule has 0 unspecified atom stereocenters. The number of aryl methyl sites for hydroxylation is 2. The van der Waals surface area contributed by atoms with Gasteiger partial charge in [0.15, 0.2) is 0 Å². The Bertz CT molecular complexity index is 1010. The molecule has 0 atom stereocenters. The third kappa shape index (κ3) is 6.71. The molecule has 0 saturated carbocycles. The number of anilines is 1. The van der Waals surface area contributed by atoms with Crippen molar-refractivity contribution in [2.45, 2.75) is 52.4 Å². The minimum atomic E-state index is -3.82. The maximum absolute atomic E-state index is 12.8. The quantitative estimate of drug-likeness (QED) is 0.486. The van der Waals surface area contributed by atoms with Crippen LogP contribution in [0.1, 0.15) is 55.1 Å². The maximum Gasteiger partial charge on any atom is 0.271 e. The first kappa shape index (κ1) is 22.6.